The molecular weight excluding hydrogens is 306 g/mol. The Kier molecular flexibility index (Phi) is 3.72. The minimum atomic E-state index is -0.0677. The van der Waals surface area contributed by atoms with Gasteiger partial charge in [-0.3, -0.25) is 4.79 Å². The van der Waals surface area contributed by atoms with E-state index in [4.69, 9.17) is 8.83 Å². The minimum Gasteiger partial charge on any atom is -0.462 e. The lowest BCUT2D eigenvalue weighted by Gasteiger charge is -2.20. The molecule has 0 aliphatic carbocycles. The van der Waals surface area contributed by atoms with Crippen molar-refractivity contribution in [3.8, 4) is 0 Å². The molecule has 1 amide bonds. The number of nitrogens with one attached hydrogen (secondary N) is 1. The van der Waals surface area contributed by atoms with Crippen molar-refractivity contribution in [1.82, 2.24) is 10.3 Å². The second-order valence-corrected chi connectivity index (χ2v) is 6.03. The average molecular weight is 325 g/mol. The highest BCUT2D eigenvalue weighted by atomic mass is 16.4. The van der Waals surface area contributed by atoms with Crippen molar-refractivity contribution in [2.75, 3.05) is 11.4 Å². The van der Waals surface area contributed by atoms with Gasteiger partial charge in [0.05, 0.1) is 12.6 Å². The normalized spacial score (nSPS) is 17.5. The van der Waals surface area contributed by atoms with Gasteiger partial charge in [0.25, 0.3) is 6.01 Å². The van der Waals surface area contributed by atoms with Crippen LogP contribution < -0.4 is 10.2 Å². The molecule has 0 bridgehead atoms. The Balaban J connectivity index is 1.57. The molecular formula is C18H19N3O3. The van der Waals surface area contributed by atoms with Crippen LogP contribution in [0.4, 0.5) is 6.01 Å². The Morgan fingerprint density at radius 2 is 2.17 bits per heavy atom. The molecule has 124 valence electrons. The van der Waals surface area contributed by atoms with Gasteiger partial charge in [-0.05, 0) is 37.1 Å². The van der Waals surface area contributed by atoms with E-state index in [0.29, 0.717) is 12.6 Å². The Morgan fingerprint density at radius 3 is 3.00 bits per heavy atom. The molecule has 1 aliphatic rings. The van der Waals surface area contributed by atoms with Crippen LogP contribution in [0, 0.1) is 0 Å². The standard InChI is InChI=1S/C18H19N3O3/c1-12(22)19-11-13-8-9-17(23-13)15-6-4-10-21(15)18-20-14-5-2-3-7-16(14)24-18/h2-3,5,7-9,15H,4,6,10-11H2,1H3,(H,19,22). The third-order valence-corrected chi connectivity index (χ3v) is 4.30. The first kappa shape index (κ1) is 14.8. The van der Waals surface area contributed by atoms with E-state index in [0.717, 1.165) is 42.0 Å². The van der Waals surface area contributed by atoms with Gasteiger partial charge in [0.2, 0.25) is 5.91 Å². The summed E-state index contributed by atoms with van der Waals surface area (Å²) in [6.45, 7) is 2.79. The van der Waals surface area contributed by atoms with Gasteiger partial charge in [-0.1, -0.05) is 12.1 Å². The topological polar surface area (TPSA) is 71.5 Å². The van der Waals surface area contributed by atoms with Crippen LogP contribution in [-0.2, 0) is 11.3 Å². The van der Waals surface area contributed by atoms with Gasteiger partial charge in [0.15, 0.2) is 5.58 Å². The van der Waals surface area contributed by atoms with Crippen LogP contribution in [0.3, 0.4) is 0 Å². The van der Waals surface area contributed by atoms with Gasteiger partial charge < -0.3 is 19.1 Å². The average Bonchev–Trinajstić information content (AvgIpc) is 3.29. The number of fused-ring (bicyclic) bond motifs is 1. The third kappa shape index (κ3) is 2.75. The number of furan rings is 1. The van der Waals surface area contributed by atoms with Gasteiger partial charge in [-0.15, -0.1) is 0 Å². The van der Waals surface area contributed by atoms with E-state index >= 15 is 0 Å². The zero-order valence-corrected chi connectivity index (χ0v) is 13.5. The summed E-state index contributed by atoms with van der Waals surface area (Å²) in [5.74, 6) is 1.57. The predicted molar refractivity (Wildman–Crippen MR) is 89.6 cm³/mol. The van der Waals surface area contributed by atoms with Crippen molar-refractivity contribution in [2.45, 2.75) is 32.4 Å². The summed E-state index contributed by atoms with van der Waals surface area (Å²) in [5, 5.41) is 2.75. The number of carbonyl (C=O) groups is 1. The first-order valence-corrected chi connectivity index (χ1v) is 8.16. The van der Waals surface area contributed by atoms with E-state index in [1.54, 1.807) is 0 Å². The molecule has 6 nitrogen and oxygen atoms in total. The smallest absolute Gasteiger partial charge is 0.299 e. The molecule has 1 atom stereocenters. The van der Waals surface area contributed by atoms with Gasteiger partial charge >= 0.3 is 0 Å². The molecule has 24 heavy (non-hydrogen) atoms. The lowest BCUT2D eigenvalue weighted by Crippen LogP contribution is -2.22. The van der Waals surface area contributed by atoms with Crippen molar-refractivity contribution < 1.29 is 13.6 Å². The number of aromatic nitrogens is 1. The SMILES string of the molecule is CC(=O)NCc1ccc(C2CCCN2c2nc3ccccc3o2)o1. The van der Waals surface area contributed by atoms with Gasteiger partial charge in [0, 0.05) is 13.5 Å². The maximum Gasteiger partial charge on any atom is 0.299 e. The summed E-state index contributed by atoms with van der Waals surface area (Å²) >= 11 is 0. The number of amides is 1. The first-order valence-electron chi connectivity index (χ1n) is 8.16. The van der Waals surface area contributed by atoms with Crippen LogP contribution in [0.5, 0.6) is 0 Å². The molecule has 0 saturated carbocycles. The number of anilines is 1. The number of hydrogen-bond acceptors (Lipinski definition) is 5. The van der Waals surface area contributed by atoms with E-state index in [-0.39, 0.29) is 11.9 Å². The number of nitrogens with zero attached hydrogens (tertiary/aromatic N) is 2. The second kappa shape index (κ2) is 6.03. The van der Waals surface area contributed by atoms with E-state index < -0.39 is 0 Å². The summed E-state index contributed by atoms with van der Waals surface area (Å²) < 4.78 is 11.8. The molecule has 1 fully saturated rings. The first-order chi connectivity index (χ1) is 11.7. The lowest BCUT2D eigenvalue weighted by atomic mass is 10.2. The van der Waals surface area contributed by atoms with Gasteiger partial charge in [-0.25, -0.2) is 0 Å². The van der Waals surface area contributed by atoms with Gasteiger partial charge in [-0.2, -0.15) is 4.98 Å². The number of carbonyl (C=O) groups excluding carboxylic acids is 1. The molecule has 1 aliphatic heterocycles. The monoisotopic (exact) mass is 325 g/mol. The van der Waals surface area contributed by atoms with Crippen molar-refractivity contribution in [3.05, 3.63) is 47.9 Å². The molecule has 4 rings (SSSR count). The third-order valence-electron chi connectivity index (χ3n) is 4.30. The van der Waals surface area contributed by atoms with Crippen molar-refractivity contribution in [2.24, 2.45) is 0 Å². The van der Waals surface area contributed by atoms with Crippen molar-refractivity contribution in [1.29, 1.82) is 0 Å². The summed E-state index contributed by atoms with van der Waals surface area (Å²) in [7, 11) is 0. The zero-order chi connectivity index (χ0) is 16.5. The second-order valence-electron chi connectivity index (χ2n) is 6.03. The number of para-hydroxylation sites is 2. The van der Waals surface area contributed by atoms with Crippen molar-refractivity contribution >= 4 is 23.0 Å². The molecule has 3 aromatic rings. The fraction of sp³-hybridized carbons (Fsp3) is 0.333. The van der Waals surface area contributed by atoms with E-state index in [9.17, 15) is 4.79 Å². The predicted octanol–water partition coefficient (Wildman–Crippen LogP) is 3.40. The highest BCUT2D eigenvalue weighted by molar-refractivity contribution is 5.74. The van der Waals surface area contributed by atoms with Crippen LogP contribution in [0.15, 0.2) is 45.2 Å². The van der Waals surface area contributed by atoms with Crippen LogP contribution in [0.25, 0.3) is 11.1 Å². The molecule has 6 heteroatoms. The van der Waals surface area contributed by atoms with E-state index in [2.05, 4.69) is 15.2 Å². The Hall–Kier alpha value is -2.76. The van der Waals surface area contributed by atoms with E-state index in [1.807, 2.05) is 36.4 Å². The minimum absolute atomic E-state index is 0.0677. The number of hydrogen-bond donors (Lipinski definition) is 1. The maximum absolute atomic E-state index is 11.0. The summed E-state index contributed by atoms with van der Waals surface area (Å²) in [6.07, 6.45) is 2.05. The maximum atomic E-state index is 11.0. The number of benzene rings is 1. The Labute approximate surface area is 139 Å². The van der Waals surface area contributed by atoms with Crippen LogP contribution >= 0.6 is 0 Å². The van der Waals surface area contributed by atoms with Crippen LogP contribution in [-0.4, -0.2) is 17.4 Å². The Bertz CT molecular complexity index is 834. The Morgan fingerprint density at radius 1 is 1.29 bits per heavy atom. The van der Waals surface area contributed by atoms with Crippen molar-refractivity contribution in [3.63, 3.8) is 0 Å². The summed E-state index contributed by atoms with van der Waals surface area (Å²) in [4.78, 5) is 17.8. The van der Waals surface area contributed by atoms with E-state index in [1.165, 1.54) is 6.92 Å². The summed E-state index contributed by atoms with van der Waals surface area (Å²) in [5.41, 5.74) is 1.66. The number of oxazole rings is 1. The van der Waals surface area contributed by atoms with Gasteiger partial charge in [0.1, 0.15) is 17.0 Å². The molecule has 0 radical (unpaired) electrons. The molecule has 2 aromatic heterocycles. The number of rotatable bonds is 4. The fourth-order valence-corrected chi connectivity index (χ4v) is 3.15. The molecule has 3 heterocycles. The molecule has 0 spiro atoms. The summed E-state index contributed by atoms with van der Waals surface area (Å²) in [6, 6.07) is 12.4. The van der Waals surface area contributed by atoms with Crippen LogP contribution in [0.1, 0.15) is 37.3 Å². The lowest BCUT2D eigenvalue weighted by molar-refractivity contribution is -0.119. The zero-order valence-electron chi connectivity index (χ0n) is 13.5. The highest BCUT2D eigenvalue weighted by Gasteiger charge is 2.31. The molecule has 1 N–H and O–H groups in total. The largest absolute Gasteiger partial charge is 0.462 e. The molecule has 1 saturated heterocycles. The fourth-order valence-electron chi connectivity index (χ4n) is 3.15. The highest BCUT2D eigenvalue weighted by Crippen LogP contribution is 2.37. The quantitative estimate of drug-likeness (QED) is 0.796. The molecule has 1 unspecified atom stereocenters. The molecule has 1 aromatic carbocycles. The van der Waals surface area contributed by atoms with Crippen LogP contribution in [0.2, 0.25) is 0 Å².